The highest BCUT2D eigenvalue weighted by molar-refractivity contribution is 7.89. The van der Waals surface area contributed by atoms with Gasteiger partial charge in [-0.3, -0.25) is 4.79 Å². The zero-order valence-electron chi connectivity index (χ0n) is 11.6. The van der Waals surface area contributed by atoms with Crippen molar-refractivity contribution >= 4 is 15.9 Å². The lowest BCUT2D eigenvalue weighted by Gasteiger charge is -2.24. The Morgan fingerprint density at radius 3 is 2.80 bits per heavy atom. The fraction of sp³-hybridized carbons (Fsp3) is 0.462. The Bertz CT molecular complexity index is 628. The number of nitrogens with one attached hydrogen (secondary N) is 1. The van der Waals surface area contributed by atoms with Crippen molar-refractivity contribution in [2.24, 2.45) is 5.73 Å². The number of nitrogens with zero attached hydrogens (tertiary/aromatic N) is 1. The maximum absolute atomic E-state index is 12.5. The lowest BCUT2D eigenvalue weighted by atomic mass is 10.0. The van der Waals surface area contributed by atoms with Crippen LogP contribution in [0.2, 0.25) is 0 Å². The number of hydrogen-bond acceptors (Lipinski definition) is 4. The SMILES string of the molecule is CC(CN)N(C)S(=O)(=O)c1ccc2c(c1)C(=O)NCC2. The van der Waals surface area contributed by atoms with Crippen LogP contribution in [0.25, 0.3) is 0 Å². The van der Waals surface area contributed by atoms with E-state index in [2.05, 4.69) is 5.32 Å². The molecule has 0 aliphatic carbocycles. The molecule has 0 radical (unpaired) electrons. The van der Waals surface area contributed by atoms with Crippen LogP contribution in [0, 0.1) is 0 Å². The number of sulfonamides is 1. The number of nitrogens with two attached hydrogens (primary N) is 1. The molecule has 3 N–H and O–H groups in total. The summed E-state index contributed by atoms with van der Waals surface area (Å²) >= 11 is 0. The maximum atomic E-state index is 12.5. The molecule has 0 aromatic heterocycles. The quantitative estimate of drug-likeness (QED) is 0.814. The van der Waals surface area contributed by atoms with Crippen molar-refractivity contribution in [2.45, 2.75) is 24.3 Å². The van der Waals surface area contributed by atoms with E-state index in [1.54, 1.807) is 19.1 Å². The summed E-state index contributed by atoms with van der Waals surface area (Å²) in [5.74, 6) is -0.224. The number of rotatable bonds is 4. The highest BCUT2D eigenvalue weighted by Crippen LogP contribution is 2.22. The first kappa shape index (κ1) is 15.0. The average Bonchev–Trinajstić information content (AvgIpc) is 2.45. The third-order valence-corrected chi connectivity index (χ3v) is 5.61. The smallest absolute Gasteiger partial charge is 0.251 e. The van der Waals surface area contributed by atoms with Crippen LogP contribution in [0.5, 0.6) is 0 Å². The van der Waals surface area contributed by atoms with Gasteiger partial charge in [0.1, 0.15) is 0 Å². The molecule has 110 valence electrons. The van der Waals surface area contributed by atoms with E-state index >= 15 is 0 Å². The Morgan fingerprint density at radius 2 is 2.15 bits per heavy atom. The van der Waals surface area contributed by atoms with E-state index in [0.717, 1.165) is 12.0 Å². The summed E-state index contributed by atoms with van der Waals surface area (Å²) in [5, 5.41) is 2.71. The minimum atomic E-state index is -3.63. The third-order valence-electron chi connectivity index (χ3n) is 3.64. The Balaban J connectivity index is 2.43. The monoisotopic (exact) mass is 297 g/mol. The summed E-state index contributed by atoms with van der Waals surface area (Å²) in [7, 11) is -2.14. The number of carbonyl (C=O) groups excluding carboxylic acids is 1. The molecule has 0 saturated carbocycles. The zero-order chi connectivity index (χ0) is 14.9. The molecule has 20 heavy (non-hydrogen) atoms. The lowest BCUT2D eigenvalue weighted by molar-refractivity contribution is 0.0945. The van der Waals surface area contributed by atoms with Gasteiger partial charge in [0, 0.05) is 31.7 Å². The molecule has 1 aromatic carbocycles. The number of carbonyl (C=O) groups is 1. The normalized spacial score (nSPS) is 16.7. The average molecular weight is 297 g/mol. The summed E-state index contributed by atoms with van der Waals surface area (Å²) in [6.45, 7) is 2.56. The van der Waals surface area contributed by atoms with Crippen molar-refractivity contribution in [3.05, 3.63) is 29.3 Å². The highest BCUT2D eigenvalue weighted by atomic mass is 32.2. The molecule has 1 amide bonds. The van der Waals surface area contributed by atoms with Gasteiger partial charge < -0.3 is 11.1 Å². The number of likely N-dealkylation sites (N-methyl/N-ethyl adjacent to an activating group) is 1. The van der Waals surface area contributed by atoms with Gasteiger partial charge >= 0.3 is 0 Å². The maximum Gasteiger partial charge on any atom is 0.251 e. The standard InChI is InChI=1S/C13H19N3O3S/c1-9(8-14)16(2)20(18,19)11-4-3-10-5-6-15-13(17)12(10)7-11/h3-4,7,9H,5-6,8,14H2,1-2H3,(H,15,17). The van der Waals surface area contributed by atoms with Gasteiger partial charge in [-0.15, -0.1) is 0 Å². The topological polar surface area (TPSA) is 92.5 Å². The Kier molecular flexibility index (Phi) is 4.12. The fourth-order valence-electron chi connectivity index (χ4n) is 2.10. The molecule has 2 rings (SSSR count). The predicted octanol–water partition coefficient (Wildman–Crippen LogP) is -0.0598. The number of fused-ring (bicyclic) bond motifs is 1. The summed E-state index contributed by atoms with van der Waals surface area (Å²) in [6.07, 6.45) is 0.719. The molecule has 0 saturated heterocycles. The minimum Gasteiger partial charge on any atom is -0.352 e. The molecule has 0 bridgehead atoms. The molecule has 7 heteroatoms. The zero-order valence-corrected chi connectivity index (χ0v) is 12.4. The second-order valence-electron chi connectivity index (χ2n) is 4.93. The molecule has 6 nitrogen and oxygen atoms in total. The van der Waals surface area contributed by atoms with Crippen LogP contribution < -0.4 is 11.1 Å². The van der Waals surface area contributed by atoms with Gasteiger partial charge in [0.2, 0.25) is 10.0 Å². The molecule has 1 aromatic rings. The molecule has 1 atom stereocenters. The van der Waals surface area contributed by atoms with Gasteiger partial charge in [0.25, 0.3) is 5.91 Å². The fourth-order valence-corrected chi connectivity index (χ4v) is 3.50. The molecule has 0 spiro atoms. The minimum absolute atomic E-state index is 0.121. The van der Waals surface area contributed by atoms with Crippen LogP contribution in [-0.4, -0.2) is 44.8 Å². The predicted molar refractivity (Wildman–Crippen MR) is 75.9 cm³/mol. The summed E-state index contributed by atoms with van der Waals surface area (Å²) in [6, 6.07) is 4.40. The third kappa shape index (κ3) is 2.56. The molecule has 1 unspecified atom stereocenters. The van der Waals surface area contributed by atoms with Crippen LogP contribution in [0.1, 0.15) is 22.8 Å². The lowest BCUT2D eigenvalue weighted by Crippen LogP contribution is -2.40. The van der Waals surface area contributed by atoms with Crippen LogP contribution in [-0.2, 0) is 16.4 Å². The molecule has 1 aliphatic heterocycles. The van der Waals surface area contributed by atoms with Gasteiger partial charge in [0.15, 0.2) is 0 Å². The molecule has 0 fully saturated rings. The Labute approximate surface area is 119 Å². The van der Waals surface area contributed by atoms with Crippen molar-refractivity contribution in [3.8, 4) is 0 Å². The second-order valence-corrected chi connectivity index (χ2v) is 6.93. The van der Waals surface area contributed by atoms with E-state index in [4.69, 9.17) is 5.73 Å². The van der Waals surface area contributed by atoms with Crippen molar-refractivity contribution in [2.75, 3.05) is 20.1 Å². The van der Waals surface area contributed by atoms with Gasteiger partial charge in [-0.25, -0.2) is 8.42 Å². The van der Waals surface area contributed by atoms with E-state index in [0.29, 0.717) is 12.1 Å². The van der Waals surface area contributed by atoms with Crippen molar-refractivity contribution < 1.29 is 13.2 Å². The number of benzene rings is 1. The molecular formula is C13H19N3O3S. The summed E-state index contributed by atoms with van der Waals surface area (Å²) in [5.41, 5.74) is 6.82. The van der Waals surface area contributed by atoms with E-state index in [-0.39, 0.29) is 23.4 Å². The van der Waals surface area contributed by atoms with Crippen LogP contribution >= 0.6 is 0 Å². The Morgan fingerprint density at radius 1 is 1.45 bits per heavy atom. The first-order valence-corrected chi connectivity index (χ1v) is 7.91. The Hall–Kier alpha value is -1.44. The second kappa shape index (κ2) is 5.51. The summed E-state index contributed by atoms with van der Waals surface area (Å²) < 4.78 is 26.2. The molecular weight excluding hydrogens is 278 g/mol. The molecule has 1 aliphatic rings. The van der Waals surface area contributed by atoms with Gasteiger partial charge in [-0.05, 0) is 31.0 Å². The first-order chi connectivity index (χ1) is 9.37. The summed E-state index contributed by atoms with van der Waals surface area (Å²) in [4.78, 5) is 11.9. The van der Waals surface area contributed by atoms with Crippen LogP contribution in [0.4, 0.5) is 0 Å². The van der Waals surface area contributed by atoms with Gasteiger partial charge in [0.05, 0.1) is 4.90 Å². The largest absolute Gasteiger partial charge is 0.352 e. The van der Waals surface area contributed by atoms with Crippen molar-refractivity contribution in [1.29, 1.82) is 0 Å². The van der Waals surface area contributed by atoms with E-state index < -0.39 is 10.0 Å². The van der Waals surface area contributed by atoms with Crippen LogP contribution in [0.15, 0.2) is 23.1 Å². The van der Waals surface area contributed by atoms with E-state index in [1.165, 1.54) is 17.4 Å². The van der Waals surface area contributed by atoms with Gasteiger partial charge in [-0.2, -0.15) is 4.31 Å². The number of amides is 1. The first-order valence-electron chi connectivity index (χ1n) is 6.47. The number of hydrogen-bond donors (Lipinski definition) is 2. The van der Waals surface area contributed by atoms with E-state index in [1.807, 2.05) is 0 Å². The van der Waals surface area contributed by atoms with E-state index in [9.17, 15) is 13.2 Å². The van der Waals surface area contributed by atoms with Crippen molar-refractivity contribution in [1.82, 2.24) is 9.62 Å². The van der Waals surface area contributed by atoms with Crippen LogP contribution in [0.3, 0.4) is 0 Å². The molecule has 1 heterocycles. The van der Waals surface area contributed by atoms with Gasteiger partial charge in [-0.1, -0.05) is 6.07 Å². The highest BCUT2D eigenvalue weighted by Gasteiger charge is 2.27. The van der Waals surface area contributed by atoms with Crippen molar-refractivity contribution in [3.63, 3.8) is 0 Å².